The Morgan fingerprint density at radius 3 is 1.79 bits per heavy atom. The number of carbonyl (C=O) groups excluding carboxylic acids is 3. The van der Waals surface area contributed by atoms with E-state index in [2.05, 4.69) is 0 Å². The Morgan fingerprint density at radius 2 is 1.31 bits per heavy atom. The van der Waals surface area contributed by atoms with Crippen LogP contribution in [0.3, 0.4) is 0 Å². The van der Waals surface area contributed by atoms with Crippen molar-refractivity contribution in [3.05, 3.63) is 0 Å². The highest BCUT2D eigenvalue weighted by molar-refractivity contribution is 6.05. The molecule has 0 radical (unpaired) electrons. The van der Waals surface area contributed by atoms with Crippen molar-refractivity contribution in [2.75, 3.05) is 33.9 Å². The van der Waals surface area contributed by atoms with E-state index in [1.807, 2.05) is 0 Å². The fourth-order valence-corrected chi connectivity index (χ4v) is 5.98. The first-order chi connectivity index (χ1) is 18.4. The van der Waals surface area contributed by atoms with Crippen molar-refractivity contribution in [1.29, 1.82) is 0 Å². The van der Waals surface area contributed by atoms with Gasteiger partial charge in [0, 0.05) is 14.2 Å². The Balaban J connectivity index is 1.36. The van der Waals surface area contributed by atoms with E-state index < -0.39 is 84.7 Å². The Hall–Kier alpha value is -1.91. The predicted octanol–water partition coefficient (Wildman–Crippen LogP) is 0.355. The molecule has 5 aliphatic heterocycles. The lowest BCUT2D eigenvalue weighted by Gasteiger charge is -2.28. The van der Waals surface area contributed by atoms with E-state index in [0.717, 1.165) is 4.90 Å². The van der Waals surface area contributed by atoms with E-state index in [9.17, 15) is 14.4 Å². The summed E-state index contributed by atoms with van der Waals surface area (Å²) < 4.78 is 51.8. The molecule has 3 amide bonds. The second-order valence-corrected chi connectivity index (χ2v) is 11.1. The molecule has 0 aromatic heterocycles. The molecule has 5 fully saturated rings. The van der Waals surface area contributed by atoms with E-state index in [1.165, 1.54) is 19.1 Å². The first-order valence-corrected chi connectivity index (χ1v) is 13.2. The number of carbonyl (C=O) groups is 3. The molecule has 39 heavy (non-hydrogen) atoms. The van der Waals surface area contributed by atoms with Gasteiger partial charge in [0.2, 0.25) is 0 Å². The molecule has 5 saturated heterocycles. The van der Waals surface area contributed by atoms with E-state index in [-0.39, 0.29) is 26.1 Å². The zero-order chi connectivity index (χ0) is 28.3. The lowest BCUT2D eigenvalue weighted by molar-refractivity contribution is -0.228. The van der Waals surface area contributed by atoms with Crippen LogP contribution in [0.2, 0.25) is 0 Å². The molecule has 5 heterocycles. The van der Waals surface area contributed by atoms with Crippen LogP contribution in [0.4, 0.5) is 4.79 Å². The van der Waals surface area contributed by atoms with Crippen LogP contribution in [0.1, 0.15) is 41.0 Å². The molecule has 0 saturated carbocycles. The molecule has 0 aliphatic carbocycles. The average molecular weight is 559 g/mol. The van der Waals surface area contributed by atoms with Crippen molar-refractivity contribution in [3.8, 4) is 0 Å². The summed E-state index contributed by atoms with van der Waals surface area (Å²) in [6.07, 6.45) is -5.25. The Labute approximate surface area is 226 Å². The molecule has 5 aliphatic rings. The highest BCUT2D eigenvalue weighted by atomic mass is 16.8. The largest absolute Gasteiger partial charge is 0.466 e. The number of hydrogen-bond acceptors (Lipinski definition) is 12. The van der Waals surface area contributed by atoms with Gasteiger partial charge in [-0.25, -0.2) is 4.79 Å². The molecule has 9 atom stereocenters. The van der Waals surface area contributed by atoms with Gasteiger partial charge in [0.15, 0.2) is 24.2 Å². The minimum Gasteiger partial charge on any atom is -0.466 e. The van der Waals surface area contributed by atoms with Crippen molar-refractivity contribution in [2.45, 2.75) is 108 Å². The van der Waals surface area contributed by atoms with Crippen molar-refractivity contribution in [3.63, 3.8) is 0 Å². The van der Waals surface area contributed by atoms with E-state index >= 15 is 0 Å². The van der Waals surface area contributed by atoms with Gasteiger partial charge in [-0.2, -0.15) is 0 Å². The number of esters is 1. The standard InChI is InChI=1S/C25H38N2O12/c1-8-33-15(28)9-12-20(29)27(11-14-17-19(22(32-7)35-14)39-25(4,5)37-17)23(30)26(12)10-13-16-18(21(31-6)34-13)38-24(2,3)36-16/h12-14,16-19,21-22H,8-11H2,1-7H3/t12?,13-,14-,16-,17-,18-,19-,21-,22-/m1/s1. The van der Waals surface area contributed by atoms with E-state index in [4.69, 9.17) is 42.6 Å². The zero-order valence-electron chi connectivity index (χ0n) is 23.3. The van der Waals surface area contributed by atoms with Crippen LogP contribution in [-0.4, -0.2) is 128 Å². The molecule has 0 aromatic carbocycles. The molecule has 5 rings (SSSR count). The van der Waals surface area contributed by atoms with Crippen molar-refractivity contribution in [2.24, 2.45) is 0 Å². The van der Waals surface area contributed by atoms with Crippen LogP contribution in [0.25, 0.3) is 0 Å². The average Bonchev–Trinajstić information content (AvgIpc) is 3.59. The Bertz CT molecular complexity index is 975. The van der Waals surface area contributed by atoms with Gasteiger partial charge in [-0.05, 0) is 34.6 Å². The van der Waals surface area contributed by atoms with Gasteiger partial charge in [-0.15, -0.1) is 0 Å². The molecule has 0 spiro atoms. The Morgan fingerprint density at radius 1 is 0.821 bits per heavy atom. The topological polar surface area (TPSA) is 141 Å². The summed E-state index contributed by atoms with van der Waals surface area (Å²) in [4.78, 5) is 42.2. The molecular weight excluding hydrogens is 520 g/mol. The third-order valence-corrected chi connectivity index (χ3v) is 7.49. The normalized spacial score (nSPS) is 40.4. The molecule has 14 heteroatoms. The summed E-state index contributed by atoms with van der Waals surface area (Å²) in [5, 5.41) is 0. The third kappa shape index (κ3) is 5.28. The molecule has 14 nitrogen and oxygen atoms in total. The fourth-order valence-electron chi connectivity index (χ4n) is 5.98. The number of rotatable bonds is 9. The number of nitrogens with zero attached hydrogens (tertiary/aromatic N) is 2. The lowest BCUT2D eigenvalue weighted by atomic mass is 10.1. The minimum absolute atomic E-state index is 0.0312. The van der Waals surface area contributed by atoms with Crippen molar-refractivity contribution in [1.82, 2.24) is 9.80 Å². The zero-order valence-corrected chi connectivity index (χ0v) is 23.3. The van der Waals surface area contributed by atoms with E-state index in [0.29, 0.717) is 0 Å². The number of fused-ring (bicyclic) bond motifs is 2. The first-order valence-electron chi connectivity index (χ1n) is 13.2. The second kappa shape index (κ2) is 10.5. The molecule has 0 aromatic rings. The highest BCUT2D eigenvalue weighted by Crippen LogP contribution is 2.41. The monoisotopic (exact) mass is 558 g/mol. The van der Waals surface area contributed by atoms with Gasteiger partial charge in [0.1, 0.15) is 42.7 Å². The second-order valence-electron chi connectivity index (χ2n) is 11.1. The van der Waals surface area contributed by atoms with Gasteiger partial charge in [0.25, 0.3) is 5.91 Å². The van der Waals surface area contributed by atoms with Gasteiger partial charge >= 0.3 is 12.0 Å². The van der Waals surface area contributed by atoms with Crippen LogP contribution >= 0.6 is 0 Å². The maximum atomic E-state index is 13.7. The fraction of sp³-hybridized carbons (Fsp3) is 0.880. The lowest BCUT2D eigenvalue weighted by Crippen LogP contribution is -2.46. The molecule has 220 valence electrons. The maximum Gasteiger partial charge on any atom is 0.327 e. The predicted molar refractivity (Wildman–Crippen MR) is 128 cm³/mol. The summed E-state index contributed by atoms with van der Waals surface area (Å²) in [7, 11) is 2.98. The summed E-state index contributed by atoms with van der Waals surface area (Å²) in [5.41, 5.74) is 0. The van der Waals surface area contributed by atoms with Gasteiger partial charge in [-0.1, -0.05) is 0 Å². The minimum atomic E-state index is -1.09. The summed E-state index contributed by atoms with van der Waals surface area (Å²) in [5.74, 6) is -2.89. The summed E-state index contributed by atoms with van der Waals surface area (Å²) >= 11 is 0. The van der Waals surface area contributed by atoms with Gasteiger partial charge < -0.3 is 47.5 Å². The number of urea groups is 1. The van der Waals surface area contributed by atoms with Crippen molar-refractivity contribution < 1.29 is 57.0 Å². The molecule has 1 unspecified atom stereocenters. The van der Waals surface area contributed by atoms with Gasteiger partial charge in [0.05, 0.1) is 26.1 Å². The van der Waals surface area contributed by atoms with Crippen LogP contribution in [-0.2, 0) is 52.2 Å². The highest BCUT2D eigenvalue weighted by Gasteiger charge is 2.60. The maximum absolute atomic E-state index is 13.7. The van der Waals surface area contributed by atoms with Crippen LogP contribution in [0.5, 0.6) is 0 Å². The van der Waals surface area contributed by atoms with E-state index in [1.54, 1.807) is 34.6 Å². The molecule has 0 N–H and O–H groups in total. The van der Waals surface area contributed by atoms with Gasteiger partial charge in [-0.3, -0.25) is 14.5 Å². The SMILES string of the molecule is CCOC(=O)CC1C(=O)N(C[C@H]2O[C@@H](OC)[C@@H]3OC(C)(C)O[C@@H]32)C(=O)N1C[C@H]1O[C@@H](OC)[C@@H]2OC(C)(C)O[C@@H]21. The first kappa shape index (κ1) is 28.6. The molecule has 0 bridgehead atoms. The summed E-state index contributed by atoms with van der Waals surface area (Å²) in [6.45, 7) is 8.79. The van der Waals surface area contributed by atoms with Crippen molar-refractivity contribution >= 4 is 17.9 Å². The quantitative estimate of drug-likeness (QED) is 0.285. The number of imide groups is 1. The van der Waals surface area contributed by atoms with Crippen LogP contribution < -0.4 is 0 Å². The third-order valence-electron chi connectivity index (χ3n) is 7.49. The Kier molecular flexibility index (Phi) is 7.70. The van der Waals surface area contributed by atoms with Crippen LogP contribution in [0, 0.1) is 0 Å². The summed E-state index contributed by atoms with van der Waals surface area (Å²) in [6, 6.07) is -1.68. The molecular formula is C25H38N2O12. The number of methoxy groups -OCH3 is 2. The smallest absolute Gasteiger partial charge is 0.327 e. The number of hydrogen-bond donors (Lipinski definition) is 0. The number of amides is 3. The van der Waals surface area contributed by atoms with Crippen LogP contribution in [0.15, 0.2) is 0 Å². The number of ether oxygens (including phenoxy) is 9.